The zero-order valence-electron chi connectivity index (χ0n) is 14.1. The second kappa shape index (κ2) is 9.61. The summed E-state index contributed by atoms with van der Waals surface area (Å²) in [5, 5.41) is 3.97. The number of hydrazone groups is 1. The summed E-state index contributed by atoms with van der Waals surface area (Å²) in [6.45, 7) is 7.39. The van der Waals surface area contributed by atoms with Crippen LogP contribution in [0.1, 0.15) is 32.8 Å². The molecular formula is C17H24N2O4. The molecule has 0 saturated heterocycles. The molecule has 6 heteroatoms. The average molecular weight is 320 g/mol. The number of carbonyl (C=O) groups is 2. The largest absolute Gasteiger partial charge is 0.483 e. The molecule has 0 spiro atoms. The maximum Gasteiger partial charge on any atom is 0.314 e. The molecule has 6 nitrogen and oxygen atoms in total. The van der Waals surface area contributed by atoms with E-state index < -0.39 is 5.92 Å². The number of amides is 1. The van der Waals surface area contributed by atoms with Crippen LogP contribution in [-0.4, -0.2) is 30.8 Å². The predicted molar refractivity (Wildman–Crippen MR) is 88.3 cm³/mol. The highest BCUT2D eigenvalue weighted by atomic mass is 16.5. The van der Waals surface area contributed by atoms with Crippen molar-refractivity contribution in [2.24, 2.45) is 11.0 Å². The van der Waals surface area contributed by atoms with Gasteiger partial charge in [0.05, 0.1) is 12.5 Å². The number of benzene rings is 1. The third kappa shape index (κ3) is 6.10. The lowest BCUT2D eigenvalue weighted by atomic mass is 10.0. The first kappa shape index (κ1) is 18.7. The van der Waals surface area contributed by atoms with Gasteiger partial charge in [-0.05, 0) is 38.8 Å². The summed E-state index contributed by atoms with van der Waals surface area (Å²) in [6, 6.07) is 7.44. The number of hydrogen-bond acceptors (Lipinski definition) is 5. The van der Waals surface area contributed by atoms with Gasteiger partial charge in [0.15, 0.2) is 6.61 Å². The van der Waals surface area contributed by atoms with Crippen LogP contribution in [0.25, 0.3) is 0 Å². The fourth-order valence-electron chi connectivity index (χ4n) is 2.00. The molecule has 1 rings (SSSR count). The van der Waals surface area contributed by atoms with Crippen molar-refractivity contribution in [2.75, 3.05) is 13.2 Å². The summed E-state index contributed by atoms with van der Waals surface area (Å²) in [7, 11) is 0. The first-order valence-electron chi connectivity index (χ1n) is 7.67. The molecule has 1 aromatic rings. The predicted octanol–water partition coefficient (Wildman–Crippen LogP) is 2.46. The summed E-state index contributed by atoms with van der Waals surface area (Å²) in [5.41, 5.74) is 3.86. The van der Waals surface area contributed by atoms with Crippen molar-refractivity contribution < 1.29 is 19.1 Å². The highest BCUT2D eigenvalue weighted by molar-refractivity contribution is 6.01. The van der Waals surface area contributed by atoms with Gasteiger partial charge < -0.3 is 9.47 Å². The number of aryl methyl sites for hydroxylation is 1. The van der Waals surface area contributed by atoms with Crippen LogP contribution in [-0.2, 0) is 14.3 Å². The van der Waals surface area contributed by atoms with Gasteiger partial charge in [0, 0.05) is 5.71 Å². The van der Waals surface area contributed by atoms with Crippen molar-refractivity contribution in [3.63, 3.8) is 0 Å². The Kier molecular flexibility index (Phi) is 7.80. The normalized spacial score (nSPS) is 12.4. The minimum atomic E-state index is -0.451. The van der Waals surface area contributed by atoms with Crippen LogP contribution in [0.15, 0.2) is 29.4 Å². The Balaban J connectivity index is 2.53. The molecule has 1 aromatic carbocycles. The van der Waals surface area contributed by atoms with Gasteiger partial charge in [-0.3, -0.25) is 9.59 Å². The van der Waals surface area contributed by atoms with E-state index in [-0.39, 0.29) is 18.5 Å². The molecular weight excluding hydrogens is 296 g/mol. The standard InChI is InChI=1S/C17H24N2O4/c1-5-14(17(21)22-6-2)13(4)18-19-16(20)11-23-15-10-8-7-9-12(15)3/h7-10,14H,5-6,11H2,1-4H3,(H,19,20)/b18-13-/t14-/m1/s1. The van der Waals surface area contributed by atoms with Crippen LogP contribution >= 0.6 is 0 Å². The molecule has 0 aromatic heterocycles. The highest BCUT2D eigenvalue weighted by Gasteiger charge is 2.21. The zero-order chi connectivity index (χ0) is 17.2. The number of ether oxygens (including phenoxy) is 2. The number of nitrogens with zero attached hydrogens (tertiary/aromatic N) is 1. The smallest absolute Gasteiger partial charge is 0.314 e. The zero-order valence-corrected chi connectivity index (χ0v) is 14.1. The van der Waals surface area contributed by atoms with E-state index in [0.717, 1.165) is 5.56 Å². The van der Waals surface area contributed by atoms with E-state index in [2.05, 4.69) is 10.5 Å². The molecule has 1 amide bonds. The van der Waals surface area contributed by atoms with Gasteiger partial charge in [0.25, 0.3) is 5.91 Å². The van der Waals surface area contributed by atoms with Crippen molar-refractivity contribution in [3.8, 4) is 5.75 Å². The third-order valence-electron chi connectivity index (χ3n) is 3.29. The van der Waals surface area contributed by atoms with Gasteiger partial charge >= 0.3 is 5.97 Å². The lowest BCUT2D eigenvalue weighted by Gasteiger charge is -2.13. The van der Waals surface area contributed by atoms with Gasteiger partial charge in [-0.25, -0.2) is 5.43 Å². The molecule has 1 atom stereocenters. The molecule has 0 unspecified atom stereocenters. The van der Waals surface area contributed by atoms with E-state index >= 15 is 0 Å². The van der Waals surface area contributed by atoms with Crippen LogP contribution < -0.4 is 10.2 Å². The fraction of sp³-hybridized carbons (Fsp3) is 0.471. The first-order chi connectivity index (χ1) is 11.0. The van der Waals surface area contributed by atoms with E-state index in [1.807, 2.05) is 32.0 Å². The maximum absolute atomic E-state index is 11.8. The Morgan fingerprint density at radius 2 is 1.96 bits per heavy atom. The molecule has 0 radical (unpaired) electrons. The summed E-state index contributed by atoms with van der Waals surface area (Å²) >= 11 is 0. The SMILES string of the molecule is CCOC(=O)[C@H](CC)/C(C)=N\NC(=O)COc1ccccc1C. The third-order valence-corrected chi connectivity index (χ3v) is 3.29. The maximum atomic E-state index is 11.8. The van der Waals surface area contributed by atoms with E-state index in [1.165, 1.54) is 0 Å². The second-order valence-corrected chi connectivity index (χ2v) is 5.06. The van der Waals surface area contributed by atoms with Gasteiger partial charge in [-0.1, -0.05) is 25.1 Å². The number of esters is 1. The van der Waals surface area contributed by atoms with Crippen LogP contribution in [0, 0.1) is 12.8 Å². The molecule has 1 N–H and O–H groups in total. The van der Waals surface area contributed by atoms with Crippen molar-refractivity contribution in [3.05, 3.63) is 29.8 Å². The van der Waals surface area contributed by atoms with Crippen molar-refractivity contribution in [1.29, 1.82) is 0 Å². The minimum Gasteiger partial charge on any atom is -0.483 e. The second-order valence-electron chi connectivity index (χ2n) is 5.06. The summed E-state index contributed by atoms with van der Waals surface area (Å²) in [4.78, 5) is 23.5. The minimum absolute atomic E-state index is 0.141. The molecule has 0 aliphatic carbocycles. The van der Waals surface area contributed by atoms with Gasteiger partial charge in [-0.2, -0.15) is 5.10 Å². The first-order valence-corrected chi connectivity index (χ1v) is 7.67. The highest BCUT2D eigenvalue weighted by Crippen LogP contribution is 2.15. The molecule has 0 aliphatic heterocycles. The van der Waals surface area contributed by atoms with Crippen molar-refractivity contribution >= 4 is 17.6 Å². The Bertz CT molecular complexity index is 569. The number of rotatable bonds is 8. The van der Waals surface area contributed by atoms with E-state index in [4.69, 9.17) is 9.47 Å². The van der Waals surface area contributed by atoms with Crippen LogP contribution in [0.3, 0.4) is 0 Å². The lowest BCUT2D eigenvalue weighted by molar-refractivity contribution is -0.145. The van der Waals surface area contributed by atoms with Crippen LogP contribution in [0.5, 0.6) is 5.75 Å². The number of hydrogen-bond donors (Lipinski definition) is 1. The van der Waals surface area contributed by atoms with Gasteiger partial charge in [-0.15, -0.1) is 0 Å². The van der Waals surface area contributed by atoms with E-state index in [1.54, 1.807) is 19.9 Å². The molecule has 0 saturated carbocycles. The average Bonchev–Trinajstić information content (AvgIpc) is 2.53. The number of carbonyl (C=O) groups excluding carboxylic acids is 2. The Morgan fingerprint density at radius 1 is 1.26 bits per heavy atom. The molecule has 0 heterocycles. The summed E-state index contributed by atoms with van der Waals surface area (Å²) < 4.78 is 10.4. The lowest BCUT2D eigenvalue weighted by Crippen LogP contribution is -2.29. The quantitative estimate of drug-likeness (QED) is 0.453. The topological polar surface area (TPSA) is 77.0 Å². The monoisotopic (exact) mass is 320 g/mol. The Labute approximate surface area is 136 Å². The molecule has 23 heavy (non-hydrogen) atoms. The van der Waals surface area contributed by atoms with Crippen molar-refractivity contribution in [2.45, 2.75) is 34.1 Å². The Hall–Kier alpha value is -2.37. The van der Waals surface area contributed by atoms with Crippen LogP contribution in [0.2, 0.25) is 0 Å². The number of para-hydroxylation sites is 1. The van der Waals surface area contributed by atoms with Gasteiger partial charge in [0.2, 0.25) is 0 Å². The van der Waals surface area contributed by atoms with E-state index in [9.17, 15) is 9.59 Å². The Morgan fingerprint density at radius 3 is 2.57 bits per heavy atom. The molecule has 126 valence electrons. The fourth-order valence-corrected chi connectivity index (χ4v) is 2.00. The molecule has 0 aliphatic rings. The number of nitrogens with one attached hydrogen (secondary N) is 1. The summed E-state index contributed by atoms with van der Waals surface area (Å²) in [6.07, 6.45) is 0.559. The molecule has 0 bridgehead atoms. The van der Waals surface area contributed by atoms with Crippen LogP contribution in [0.4, 0.5) is 0 Å². The van der Waals surface area contributed by atoms with Crippen molar-refractivity contribution in [1.82, 2.24) is 5.43 Å². The van der Waals surface area contributed by atoms with Gasteiger partial charge in [0.1, 0.15) is 5.75 Å². The summed E-state index contributed by atoms with van der Waals surface area (Å²) in [5.74, 6) is -0.512. The molecule has 0 fully saturated rings. The van der Waals surface area contributed by atoms with E-state index in [0.29, 0.717) is 24.5 Å².